The molecule has 3 nitrogen and oxygen atoms in total. The molecule has 1 aliphatic rings. The Kier molecular flexibility index (Phi) is 4.14. The molecule has 1 rings (SSSR count). The molecule has 0 saturated carbocycles. The molecule has 0 spiro atoms. The average Bonchev–Trinajstić information content (AvgIpc) is 2.61. The van der Waals surface area contributed by atoms with Crippen molar-refractivity contribution < 1.29 is 4.79 Å². The lowest BCUT2D eigenvalue weighted by Gasteiger charge is -2.23. The monoisotopic (exact) mass is 212 g/mol. The maximum Gasteiger partial charge on any atom is 0.236 e. The molecule has 0 radical (unpaired) electrons. The van der Waals surface area contributed by atoms with Gasteiger partial charge in [0.05, 0.1) is 6.54 Å². The molecule has 1 unspecified atom stereocenters. The summed E-state index contributed by atoms with van der Waals surface area (Å²) in [4.78, 5) is 13.8. The van der Waals surface area contributed by atoms with Gasteiger partial charge in [-0.05, 0) is 33.1 Å². The summed E-state index contributed by atoms with van der Waals surface area (Å²) in [5.41, 5.74) is 0.0273. The van der Waals surface area contributed by atoms with E-state index in [-0.39, 0.29) is 11.4 Å². The molecule has 1 atom stereocenters. The largest absolute Gasteiger partial charge is 0.341 e. The fourth-order valence-electron chi connectivity index (χ4n) is 1.84. The first-order chi connectivity index (χ1) is 6.92. The van der Waals surface area contributed by atoms with Gasteiger partial charge in [0, 0.05) is 18.6 Å². The van der Waals surface area contributed by atoms with Crippen molar-refractivity contribution in [3.63, 3.8) is 0 Å². The highest BCUT2D eigenvalue weighted by Gasteiger charge is 2.25. The Bertz CT molecular complexity index is 220. The minimum Gasteiger partial charge on any atom is -0.341 e. The number of amides is 1. The maximum absolute atomic E-state index is 11.8. The van der Waals surface area contributed by atoms with Gasteiger partial charge in [0.25, 0.3) is 0 Å². The van der Waals surface area contributed by atoms with Crippen molar-refractivity contribution in [3.05, 3.63) is 0 Å². The maximum atomic E-state index is 11.8. The van der Waals surface area contributed by atoms with Crippen molar-refractivity contribution in [2.24, 2.45) is 5.92 Å². The number of rotatable bonds is 3. The summed E-state index contributed by atoms with van der Waals surface area (Å²) in [6.45, 7) is 10.8. The van der Waals surface area contributed by atoms with E-state index in [1.54, 1.807) is 0 Å². The Morgan fingerprint density at radius 3 is 2.60 bits per heavy atom. The molecule has 0 aliphatic carbocycles. The number of carbonyl (C=O) groups is 1. The molecule has 1 heterocycles. The van der Waals surface area contributed by atoms with Crippen LogP contribution < -0.4 is 5.32 Å². The van der Waals surface area contributed by atoms with E-state index in [4.69, 9.17) is 0 Å². The second kappa shape index (κ2) is 4.97. The van der Waals surface area contributed by atoms with Crippen LogP contribution in [0.3, 0.4) is 0 Å². The lowest BCUT2D eigenvalue weighted by Crippen LogP contribution is -2.44. The molecule has 0 aromatic rings. The molecule has 88 valence electrons. The summed E-state index contributed by atoms with van der Waals surface area (Å²) in [6.07, 6.45) is 2.37. The highest BCUT2D eigenvalue weighted by Crippen LogP contribution is 2.18. The summed E-state index contributed by atoms with van der Waals surface area (Å²) >= 11 is 0. The van der Waals surface area contributed by atoms with Crippen LogP contribution in [0.4, 0.5) is 0 Å². The van der Waals surface area contributed by atoms with Gasteiger partial charge in [-0.3, -0.25) is 4.79 Å². The van der Waals surface area contributed by atoms with Crippen molar-refractivity contribution in [2.75, 3.05) is 19.6 Å². The molecule has 1 aliphatic heterocycles. The van der Waals surface area contributed by atoms with Gasteiger partial charge < -0.3 is 10.2 Å². The predicted octanol–water partition coefficient (Wildman–Crippen LogP) is 1.63. The van der Waals surface area contributed by atoms with E-state index in [2.05, 4.69) is 33.0 Å². The minimum absolute atomic E-state index is 0.0273. The molecule has 1 fully saturated rings. The Balaban J connectivity index is 2.30. The van der Waals surface area contributed by atoms with Gasteiger partial charge in [-0.25, -0.2) is 0 Å². The van der Waals surface area contributed by atoms with Crippen LogP contribution in [0, 0.1) is 5.92 Å². The number of likely N-dealkylation sites (tertiary alicyclic amines) is 1. The van der Waals surface area contributed by atoms with E-state index >= 15 is 0 Å². The van der Waals surface area contributed by atoms with Crippen molar-refractivity contribution in [1.29, 1.82) is 0 Å². The molecule has 0 bridgehead atoms. The molecule has 1 saturated heterocycles. The highest BCUT2D eigenvalue weighted by molar-refractivity contribution is 5.78. The van der Waals surface area contributed by atoms with E-state index in [1.807, 2.05) is 4.90 Å². The van der Waals surface area contributed by atoms with Crippen LogP contribution in [0.25, 0.3) is 0 Å². The number of hydrogen-bond donors (Lipinski definition) is 1. The second-order valence-electron chi connectivity index (χ2n) is 5.51. The lowest BCUT2D eigenvalue weighted by molar-refractivity contribution is -0.129. The molecular formula is C12H24N2O. The van der Waals surface area contributed by atoms with Gasteiger partial charge >= 0.3 is 0 Å². The third-order valence-electron chi connectivity index (χ3n) is 2.99. The third-order valence-corrected chi connectivity index (χ3v) is 2.99. The van der Waals surface area contributed by atoms with Gasteiger partial charge in [-0.1, -0.05) is 13.3 Å². The van der Waals surface area contributed by atoms with Crippen LogP contribution in [-0.2, 0) is 4.79 Å². The Morgan fingerprint density at radius 2 is 2.13 bits per heavy atom. The number of hydrogen-bond acceptors (Lipinski definition) is 2. The van der Waals surface area contributed by atoms with Crippen molar-refractivity contribution in [1.82, 2.24) is 10.2 Å². The van der Waals surface area contributed by atoms with Crippen molar-refractivity contribution in [3.8, 4) is 0 Å². The van der Waals surface area contributed by atoms with Gasteiger partial charge in [-0.2, -0.15) is 0 Å². The summed E-state index contributed by atoms with van der Waals surface area (Å²) in [5, 5.41) is 3.24. The predicted molar refractivity (Wildman–Crippen MR) is 62.7 cm³/mol. The van der Waals surface area contributed by atoms with Crippen LogP contribution >= 0.6 is 0 Å². The van der Waals surface area contributed by atoms with Crippen LogP contribution in [-0.4, -0.2) is 36.0 Å². The van der Waals surface area contributed by atoms with E-state index in [0.717, 1.165) is 19.0 Å². The standard InChI is InChI=1S/C12H24N2O/c1-5-10-6-7-14(9-10)11(15)8-13-12(2,3)4/h10,13H,5-9H2,1-4H3. The summed E-state index contributed by atoms with van der Waals surface area (Å²) in [7, 11) is 0. The summed E-state index contributed by atoms with van der Waals surface area (Å²) < 4.78 is 0. The quantitative estimate of drug-likeness (QED) is 0.771. The van der Waals surface area contributed by atoms with Gasteiger partial charge in [0.1, 0.15) is 0 Å². The van der Waals surface area contributed by atoms with Crippen molar-refractivity contribution >= 4 is 5.91 Å². The molecular weight excluding hydrogens is 188 g/mol. The van der Waals surface area contributed by atoms with Gasteiger partial charge in [0.2, 0.25) is 5.91 Å². The Hall–Kier alpha value is -0.570. The molecule has 1 N–H and O–H groups in total. The topological polar surface area (TPSA) is 32.3 Å². The van der Waals surface area contributed by atoms with E-state index in [0.29, 0.717) is 6.54 Å². The number of nitrogens with zero attached hydrogens (tertiary/aromatic N) is 1. The van der Waals surface area contributed by atoms with E-state index in [1.165, 1.54) is 12.8 Å². The smallest absolute Gasteiger partial charge is 0.236 e. The second-order valence-corrected chi connectivity index (χ2v) is 5.51. The SMILES string of the molecule is CCC1CCN(C(=O)CNC(C)(C)C)C1. The third kappa shape index (κ3) is 4.20. The first-order valence-corrected chi connectivity index (χ1v) is 5.95. The molecule has 1 amide bonds. The lowest BCUT2D eigenvalue weighted by atomic mass is 10.1. The Labute approximate surface area is 93.2 Å². The molecule has 0 aromatic heterocycles. The zero-order valence-electron chi connectivity index (χ0n) is 10.5. The fraction of sp³-hybridized carbons (Fsp3) is 0.917. The average molecular weight is 212 g/mol. The molecule has 15 heavy (non-hydrogen) atoms. The zero-order valence-corrected chi connectivity index (χ0v) is 10.5. The van der Waals surface area contributed by atoms with E-state index in [9.17, 15) is 4.79 Å². The molecule has 0 aromatic carbocycles. The van der Waals surface area contributed by atoms with Crippen LogP contribution in [0.1, 0.15) is 40.5 Å². The van der Waals surface area contributed by atoms with Crippen LogP contribution in [0.2, 0.25) is 0 Å². The van der Waals surface area contributed by atoms with E-state index < -0.39 is 0 Å². The highest BCUT2D eigenvalue weighted by atomic mass is 16.2. The summed E-state index contributed by atoms with van der Waals surface area (Å²) in [6, 6.07) is 0. The number of carbonyl (C=O) groups excluding carboxylic acids is 1. The first kappa shape index (κ1) is 12.5. The normalized spacial score (nSPS) is 22.1. The molecule has 3 heteroatoms. The Morgan fingerprint density at radius 1 is 1.47 bits per heavy atom. The van der Waals surface area contributed by atoms with Crippen LogP contribution in [0.15, 0.2) is 0 Å². The number of nitrogens with one attached hydrogen (secondary N) is 1. The summed E-state index contributed by atoms with van der Waals surface area (Å²) in [5.74, 6) is 0.976. The van der Waals surface area contributed by atoms with Crippen LogP contribution in [0.5, 0.6) is 0 Å². The first-order valence-electron chi connectivity index (χ1n) is 5.95. The zero-order chi connectivity index (χ0) is 11.5. The minimum atomic E-state index is 0.0273. The van der Waals surface area contributed by atoms with Crippen molar-refractivity contribution in [2.45, 2.75) is 46.1 Å². The van der Waals surface area contributed by atoms with Gasteiger partial charge in [-0.15, -0.1) is 0 Å². The van der Waals surface area contributed by atoms with Gasteiger partial charge in [0.15, 0.2) is 0 Å². The fourth-order valence-corrected chi connectivity index (χ4v) is 1.84.